The first-order chi connectivity index (χ1) is 8.18. The highest BCUT2D eigenvalue weighted by Crippen LogP contribution is 2.26. The summed E-state index contributed by atoms with van der Waals surface area (Å²) in [6.07, 6.45) is 6.83. The lowest BCUT2D eigenvalue weighted by atomic mass is 10.1. The predicted octanol–water partition coefficient (Wildman–Crippen LogP) is 1.12. The van der Waals surface area contributed by atoms with Crippen molar-refractivity contribution in [3.8, 4) is 5.75 Å². The highest BCUT2D eigenvalue weighted by Gasteiger charge is 2.22. The average Bonchev–Trinajstić information content (AvgIpc) is 2.82. The lowest BCUT2D eigenvalue weighted by Gasteiger charge is -2.02. The van der Waals surface area contributed by atoms with Crippen LogP contribution in [0.4, 0.5) is 0 Å². The van der Waals surface area contributed by atoms with Crippen LogP contribution in [0.5, 0.6) is 5.75 Å². The molecule has 3 rings (SSSR count). The molecule has 0 atom stereocenters. The second-order valence-electron chi connectivity index (χ2n) is 3.84. The van der Waals surface area contributed by atoms with Gasteiger partial charge in [-0.2, -0.15) is 0 Å². The van der Waals surface area contributed by atoms with Crippen molar-refractivity contribution in [3.63, 3.8) is 0 Å². The maximum Gasteiger partial charge on any atom is 0.308 e. The van der Waals surface area contributed by atoms with Gasteiger partial charge in [0.25, 0.3) is 0 Å². The van der Waals surface area contributed by atoms with Gasteiger partial charge >= 0.3 is 5.97 Å². The molecule has 17 heavy (non-hydrogen) atoms. The summed E-state index contributed by atoms with van der Waals surface area (Å²) in [5, 5.41) is 0.758. The topological polar surface area (TPSA) is 47.8 Å². The van der Waals surface area contributed by atoms with Gasteiger partial charge in [-0.3, -0.25) is 9.59 Å². The molecule has 2 heterocycles. The van der Waals surface area contributed by atoms with Crippen molar-refractivity contribution in [3.05, 3.63) is 41.4 Å². The van der Waals surface area contributed by atoms with Gasteiger partial charge in [0.05, 0.1) is 16.4 Å². The van der Waals surface area contributed by atoms with E-state index in [0.717, 1.165) is 10.9 Å². The smallest absolute Gasteiger partial charge is 0.308 e. The number of nitrogens with zero attached hydrogens (tertiary/aromatic N) is 1. The monoisotopic (exact) mass is 227 g/mol. The molecule has 2 aromatic rings. The van der Waals surface area contributed by atoms with Crippen LogP contribution in [0.3, 0.4) is 0 Å². The third-order valence-electron chi connectivity index (χ3n) is 2.72. The fraction of sp³-hybridized carbons (Fsp3) is 0.0769. The molecule has 0 saturated carbocycles. The summed E-state index contributed by atoms with van der Waals surface area (Å²) >= 11 is 0. The lowest BCUT2D eigenvalue weighted by molar-refractivity contribution is -0.131. The van der Waals surface area contributed by atoms with Crippen molar-refractivity contribution in [1.29, 1.82) is 0 Å². The number of esters is 1. The molecule has 0 unspecified atom stereocenters. The molecular weight excluding hydrogens is 218 g/mol. The molecule has 0 saturated heterocycles. The number of aromatic nitrogens is 1. The van der Waals surface area contributed by atoms with Gasteiger partial charge in [-0.1, -0.05) is 6.08 Å². The summed E-state index contributed by atoms with van der Waals surface area (Å²) in [6, 6.07) is 3.66. The third-order valence-corrected chi connectivity index (χ3v) is 2.72. The Morgan fingerprint density at radius 1 is 1.41 bits per heavy atom. The van der Waals surface area contributed by atoms with Gasteiger partial charge in [-0.25, -0.2) is 0 Å². The molecule has 0 aromatic carbocycles. The number of hydrogen-bond donors (Lipinski definition) is 0. The van der Waals surface area contributed by atoms with Crippen LogP contribution >= 0.6 is 0 Å². The van der Waals surface area contributed by atoms with E-state index in [-0.39, 0.29) is 5.78 Å². The zero-order valence-corrected chi connectivity index (χ0v) is 9.14. The Balaban J connectivity index is 2.41. The number of ketones is 1. The van der Waals surface area contributed by atoms with E-state index in [9.17, 15) is 9.59 Å². The van der Waals surface area contributed by atoms with Crippen LogP contribution in [0.15, 0.2) is 30.5 Å². The highest BCUT2D eigenvalue weighted by molar-refractivity contribution is 6.11. The predicted molar refractivity (Wildman–Crippen MR) is 61.9 cm³/mol. The fourth-order valence-corrected chi connectivity index (χ4v) is 2.10. The maximum atomic E-state index is 11.8. The normalized spacial score (nSPS) is 13.6. The molecule has 0 bridgehead atoms. The molecule has 4 nitrogen and oxygen atoms in total. The minimum absolute atomic E-state index is 0.137. The van der Waals surface area contributed by atoms with Crippen LogP contribution in [-0.4, -0.2) is 16.2 Å². The van der Waals surface area contributed by atoms with Crippen molar-refractivity contribution in [1.82, 2.24) is 4.40 Å². The van der Waals surface area contributed by atoms with Crippen LogP contribution in [0.1, 0.15) is 17.3 Å². The minimum atomic E-state index is -0.427. The number of fused-ring (bicyclic) bond motifs is 3. The van der Waals surface area contributed by atoms with Gasteiger partial charge in [0.2, 0.25) is 0 Å². The van der Waals surface area contributed by atoms with E-state index in [1.165, 1.54) is 13.0 Å². The number of allylic oxidation sites excluding steroid dienone is 2. The molecule has 1 aliphatic rings. The second-order valence-corrected chi connectivity index (χ2v) is 3.84. The van der Waals surface area contributed by atoms with E-state index in [0.29, 0.717) is 11.3 Å². The molecule has 0 amide bonds. The molecule has 0 N–H and O–H groups in total. The molecule has 1 aliphatic carbocycles. The number of ether oxygens (including phenoxy) is 1. The Hall–Kier alpha value is -2.36. The number of carbonyl (C=O) groups excluding carboxylic acids is 2. The summed E-state index contributed by atoms with van der Waals surface area (Å²) in [7, 11) is 0. The van der Waals surface area contributed by atoms with E-state index in [4.69, 9.17) is 4.74 Å². The number of rotatable bonds is 1. The first-order valence-electron chi connectivity index (χ1n) is 5.22. The highest BCUT2D eigenvalue weighted by atomic mass is 16.5. The first-order valence-corrected chi connectivity index (χ1v) is 5.22. The van der Waals surface area contributed by atoms with Crippen LogP contribution in [0.25, 0.3) is 11.6 Å². The average molecular weight is 227 g/mol. The van der Waals surface area contributed by atoms with Gasteiger partial charge in [0.1, 0.15) is 0 Å². The van der Waals surface area contributed by atoms with Gasteiger partial charge in [0, 0.05) is 13.1 Å². The summed E-state index contributed by atoms with van der Waals surface area (Å²) in [6.45, 7) is 1.33. The van der Waals surface area contributed by atoms with Crippen LogP contribution in [-0.2, 0) is 4.79 Å². The maximum absolute atomic E-state index is 11.8. The summed E-state index contributed by atoms with van der Waals surface area (Å²) in [5.74, 6) is -0.214. The standard InChI is InChI=1S/C13H9NO3/c1-8(15)17-13-10-5-3-7-14(10)9-4-2-6-11(16)12(9)13/h2-7H,1H3. The minimum Gasteiger partial charge on any atom is -0.424 e. The SMILES string of the molecule is CC(=O)Oc1c2c(n3cccc13)=CC=CC2=O. The molecule has 0 radical (unpaired) electrons. The molecule has 84 valence electrons. The molecular formula is C13H9NO3. The van der Waals surface area contributed by atoms with E-state index < -0.39 is 5.97 Å². The van der Waals surface area contributed by atoms with Crippen LogP contribution in [0, 0.1) is 0 Å². The first kappa shape index (κ1) is 9.84. The summed E-state index contributed by atoms with van der Waals surface area (Å²) in [5.41, 5.74) is 1.19. The molecule has 4 heteroatoms. The Morgan fingerprint density at radius 3 is 3.00 bits per heavy atom. The zero-order chi connectivity index (χ0) is 12.0. The zero-order valence-electron chi connectivity index (χ0n) is 9.14. The second kappa shape index (κ2) is 3.31. The van der Waals surface area contributed by atoms with E-state index in [1.807, 2.05) is 28.8 Å². The van der Waals surface area contributed by atoms with Crippen molar-refractivity contribution in [2.24, 2.45) is 0 Å². The quantitative estimate of drug-likeness (QED) is 0.686. The van der Waals surface area contributed by atoms with Gasteiger partial charge in [0.15, 0.2) is 11.5 Å². The third kappa shape index (κ3) is 1.30. The summed E-state index contributed by atoms with van der Waals surface area (Å²) < 4.78 is 7.00. The van der Waals surface area contributed by atoms with Crippen LogP contribution < -0.4 is 10.1 Å². The van der Waals surface area contributed by atoms with Gasteiger partial charge in [-0.15, -0.1) is 0 Å². The van der Waals surface area contributed by atoms with Crippen molar-refractivity contribution in [2.45, 2.75) is 6.92 Å². The van der Waals surface area contributed by atoms with Crippen molar-refractivity contribution in [2.75, 3.05) is 0 Å². The molecule has 0 aliphatic heterocycles. The van der Waals surface area contributed by atoms with Gasteiger partial charge < -0.3 is 9.14 Å². The molecule has 2 aromatic heterocycles. The van der Waals surface area contributed by atoms with E-state index in [1.54, 1.807) is 6.08 Å². The van der Waals surface area contributed by atoms with Gasteiger partial charge in [-0.05, 0) is 24.3 Å². The Kier molecular flexibility index (Phi) is 1.92. The number of carbonyl (C=O) groups is 2. The molecule has 0 fully saturated rings. The fourth-order valence-electron chi connectivity index (χ4n) is 2.10. The van der Waals surface area contributed by atoms with Crippen molar-refractivity contribution >= 4 is 23.3 Å². The Bertz CT molecular complexity index is 721. The van der Waals surface area contributed by atoms with E-state index >= 15 is 0 Å². The largest absolute Gasteiger partial charge is 0.424 e. The Labute approximate surface area is 96.8 Å². The lowest BCUT2D eigenvalue weighted by Crippen LogP contribution is -2.19. The molecule has 0 spiro atoms. The van der Waals surface area contributed by atoms with Crippen molar-refractivity contribution < 1.29 is 14.3 Å². The Morgan fingerprint density at radius 2 is 2.24 bits per heavy atom. The van der Waals surface area contributed by atoms with E-state index in [2.05, 4.69) is 0 Å². The van der Waals surface area contributed by atoms with Crippen LogP contribution in [0.2, 0.25) is 0 Å². The summed E-state index contributed by atoms with van der Waals surface area (Å²) in [4.78, 5) is 22.9. The number of hydrogen-bond acceptors (Lipinski definition) is 3.